The second-order valence-corrected chi connectivity index (χ2v) is 10.4. The van der Waals surface area contributed by atoms with Gasteiger partial charge >= 0.3 is 0 Å². The summed E-state index contributed by atoms with van der Waals surface area (Å²) in [5, 5.41) is 1.19. The Bertz CT molecular complexity index is 1880. The van der Waals surface area contributed by atoms with Gasteiger partial charge in [0.05, 0.1) is 4.88 Å². The molecule has 0 N–H and O–H groups in total. The summed E-state index contributed by atoms with van der Waals surface area (Å²) < 4.78 is 1.21. The molecule has 184 valence electrons. The third-order valence-corrected chi connectivity index (χ3v) is 7.87. The van der Waals surface area contributed by atoms with Crippen molar-refractivity contribution in [2.24, 2.45) is 0 Å². The molecular formula is C35H23N3S. The van der Waals surface area contributed by atoms with Crippen LogP contribution in [-0.4, -0.2) is 15.0 Å². The van der Waals surface area contributed by atoms with Gasteiger partial charge in [0, 0.05) is 15.8 Å². The Hall–Kier alpha value is -4.93. The Morgan fingerprint density at radius 2 is 0.974 bits per heavy atom. The smallest absolute Gasteiger partial charge is 0.174 e. The molecule has 0 unspecified atom stereocenters. The first kappa shape index (κ1) is 23.2. The van der Waals surface area contributed by atoms with Crippen LogP contribution in [0.2, 0.25) is 0 Å². The van der Waals surface area contributed by atoms with Gasteiger partial charge in [-0.15, -0.1) is 11.3 Å². The minimum Gasteiger partial charge on any atom is -0.208 e. The summed E-state index contributed by atoms with van der Waals surface area (Å²) in [5.41, 5.74) is 6.45. The molecule has 0 aliphatic carbocycles. The molecule has 4 heteroatoms. The quantitative estimate of drug-likeness (QED) is 0.228. The van der Waals surface area contributed by atoms with E-state index in [0.29, 0.717) is 17.5 Å². The van der Waals surface area contributed by atoms with Crippen LogP contribution in [0.4, 0.5) is 0 Å². The zero-order chi connectivity index (χ0) is 26.0. The lowest BCUT2D eigenvalue weighted by Gasteiger charge is -2.12. The first-order valence-corrected chi connectivity index (χ1v) is 13.7. The fourth-order valence-corrected chi connectivity index (χ4v) is 5.84. The summed E-state index contributed by atoms with van der Waals surface area (Å²) in [6.07, 6.45) is 0. The highest BCUT2D eigenvalue weighted by molar-refractivity contribution is 7.22. The van der Waals surface area contributed by atoms with Gasteiger partial charge in [-0.3, -0.25) is 0 Å². The SMILES string of the molecule is c1ccc(-c2cccc(-c3nc(-c4cc5ccccc5s4)nc(-c4ccccc4-c4ccccc4)n3)c2)cc1. The summed E-state index contributed by atoms with van der Waals surface area (Å²) in [6.45, 7) is 0. The van der Waals surface area contributed by atoms with Crippen LogP contribution in [0, 0.1) is 0 Å². The van der Waals surface area contributed by atoms with E-state index in [2.05, 4.69) is 121 Å². The molecule has 0 spiro atoms. The van der Waals surface area contributed by atoms with E-state index in [1.165, 1.54) is 10.1 Å². The number of fused-ring (bicyclic) bond motifs is 1. The van der Waals surface area contributed by atoms with Crippen molar-refractivity contribution in [3.63, 3.8) is 0 Å². The van der Waals surface area contributed by atoms with Gasteiger partial charge in [0.1, 0.15) is 0 Å². The van der Waals surface area contributed by atoms with Gasteiger partial charge in [0.25, 0.3) is 0 Å². The fourth-order valence-electron chi connectivity index (χ4n) is 4.84. The van der Waals surface area contributed by atoms with Crippen molar-refractivity contribution in [2.45, 2.75) is 0 Å². The van der Waals surface area contributed by atoms with Crippen molar-refractivity contribution in [3.8, 4) is 55.7 Å². The number of aromatic nitrogens is 3. The van der Waals surface area contributed by atoms with Gasteiger partial charge in [0.2, 0.25) is 0 Å². The van der Waals surface area contributed by atoms with Crippen molar-refractivity contribution in [1.82, 2.24) is 15.0 Å². The standard InChI is InChI=1S/C35H23N3S/c1-3-12-24(13-4-1)26-17-11-18-28(22-26)33-36-34(30-20-9-8-19-29(30)25-14-5-2-6-15-25)38-35(37-33)32-23-27-16-7-10-21-31(27)39-32/h1-23H. The van der Waals surface area contributed by atoms with Crippen LogP contribution < -0.4 is 0 Å². The molecular weight excluding hydrogens is 494 g/mol. The zero-order valence-electron chi connectivity index (χ0n) is 21.0. The summed E-state index contributed by atoms with van der Waals surface area (Å²) in [6, 6.07) is 48.1. The zero-order valence-corrected chi connectivity index (χ0v) is 21.8. The number of hydrogen-bond acceptors (Lipinski definition) is 4. The van der Waals surface area contributed by atoms with Gasteiger partial charge in [-0.05, 0) is 45.8 Å². The van der Waals surface area contributed by atoms with E-state index < -0.39 is 0 Å². The fraction of sp³-hybridized carbons (Fsp3) is 0. The van der Waals surface area contributed by atoms with Crippen LogP contribution in [0.15, 0.2) is 140 Å². The molecule has 0 bridgehead atoms. The molecule has 39 heavy (non-hydrogen) atoms. The van der Waals surface area contributed by atoms with Crippen molar-refractivity contribution >= 4 is 21.4 Å². The van der Waals surface area contributed by atoms with Crippen molar-refractivity contribution in [2.75, 3.05) is 0 Å². The Morgan fingerprint density at radius 3 is 1.77 bits per heavy atom. The summed E-state index contributed by atoms with van der Waals surface area (Å²) in [5.74, 6) is 2.01. The van der Waals surface area contributed by atoms with E-state index in [0.717, 1.165) is 38.3 Å². The van der Waals surface area contributed by atoms with Crippen molar-refractivity contribution in [1.29, 1.82) is 0 Å². The minimum absolute atomic E-state index is 0.660. The molecule has 2 heterocycles. The molecule has 7 aromatic rings. The van der Waals surface area contributed by atoms with Gasteiger partial charge < -0.3 is 0 Å². The lowest BCUT2D eigenvalue weighted by molar-refractivity contribution is 1.08. The highest BCUT2D eigenvalue weighted by Gasteiger charge is 2.17. The monoisotopic (exact) mass is 517 g/mol. The number of benzene rings is 5. The molecule has 0 amide bonds. The largest absolute Gasteiger partial charge is 0.208 e. The lowest BCUT2D eigenvalue weighted by Crippen LogP contribution is -2.00. The maximum atomic E-state index is 5.06. The molecule has 0 fully saturated rings. The lowest BCUT2D eigenvalue weighted by atomic mass is 9.99. The normalized spacial score (nSPS) is 11.1. The average molecular weight is 518 g/mol. The van der Waals surface area contributed by atoms with Crippen LogP contribution in [0.25, 0.3) is 65.8 Å². The van der Waals surface area contributed by atoms with Crippen LogP contribution in [-0.2, 0) is 0 Å². The number of hydrogen-bond donors (Lipinski definition) is 0. The predicted molar refractivity (Wildman–Crippen MR) is 162 cm³/mol. The highest BCUT2D eigenvalue weighted by atomic mass is 32.1. The van der Waals surface area contributed by atoms with Gasteiger partial charge in [0.15, 0.2) is 17.5 Å². The van der Waals surface area contributed by atoms with E-state index in [9.17, 15) is 0 Å². The van der Waals surface area contributed by atoms with E-state index in [1.807, 2.05) is 18.2 Å². The molecule has 0 saturated carbocycles. The molecule has 3 nitrogen and oxygen atoms in total. The molecule has 2 aromatic heterocycles. The van der Waals surface area contributed by atoms with Gasteiger partial charge in [-0.2, -0.15) is 0 Å². The third kappa shape index (κ3) is 4.63. The Balaban J connectivity index is 1.44. The van der Waals surface area contributed by atoms with E-state index in [4.69, 9.17) is 15.0 Å². The van der Waals surface area contributed by atoms with E-state index in [1.54, 1.807) is 11.3 Å². The number of thiophene rings is 1. The second-order valence-electron chi connectivity index (χ2n) is 9.31. The Kier molecular flexibility index (Phi) is 6.00. The molecule has 5 aromatic carbocycles. The van der Waals surface area contributed by atoms with Crippen LogP contribution in [0.3, 0.4) is 0 Å². The molecule has 0 saturated heterocycles. The molecule has 0 atom stereocenters. The maximum Gasteiger partial charge on any atom is 0.174 e. The third-order valence-electron chi connectivity index (χ3n) is 6.76. The summed E-state index contributed by atoms with van der Waals surface area (Å²) in [4.78, 5) is 16.2. The highest BCUT2D eigenvalue weighted by Crippen LogP contribution is 2.36. The van der Waals surface area contributed by atoms with Crippen LogP contribution in [0.5, 0.6) is 0 Å². The molecule has 0 aliphatic rings. The summed E-state index contributed by atoms with van der Waals surface area (Å²) in [7, 11) is 0. The topological polar surface area (TPSA) is 38.7 Å². The summed E-state index contributed by atoms with van der Waals surface area (Å²) >= 11 is 1.71. The Morgan fingerprint density at radius 1 is 0.385 bits per heavy atom. The minimum atomic E-state index is 0.660. The predicted octanol–water partition coefficient (Wildman–Crippen LogP) is 9.42. The van der Waals surface area contributed by atoms with Crippen LogP contribution in [0.1, 0.15) is 0 Å². The van der Waals surface area contributed by atoms with Gasteiger partial charge in [-0.25, -0.2) is 15.0 Å². The Labute approximate surface area is 231 Å². The second kappa shape index (κ2) is 10.1. The molecule has 7 rings (SSSR count). The number of nitrogens with zero attached hydrogens (tertiary/aromatic N) is 3. The average Bonchev–Trinajstić information content (AvgIpc) is 3.47. The van der Waals surface area contributed by atoms with Crippen molar-refractivity contribution in [3.05, 3.63) is 140 Å². The first-order valence-electron chi connectivity index (χ1n) is 12.9. The first-order chi connectivity index (χ1) is 19.3. The molecule has 0 aliphatic heterocycles. The van der Waals surface area contributed by atoms with Crippen molar-refractivity contribution < 1.29 is 0 Å². The van der Waals surface area contributed by atoms with E-state index in [-0.39, 0.29) is 0 Å². The number of rotatable bonds is 5. The molecule has 0 radical (unpaired) electrons. The maximum absolute atomic E-state index is 5.06. The van der Waals surface area contributed by atoms with E-state index >= 15 is 0 Å². The van der Waals surface area contributed by atoms with Crippen LogP contribution >= 0.6 is 11.3 Å². The van der Waals surface area contributed by atoms with Gasteiger partial charge in [-0.1, -0.05) is 121 Å².